The number of carbonyl (C=O) groups excluding carboxylic acids is 2. The third-order valence-electron chi connectivity index (χ3n) is 3.47. The molecule has 1 aromatic carbocycles. The summed E-state index contributed by atoms with van der Waals surface area (Å²) in [5, 5.41) is 9.48. The Labute approximate surface area is 137 Å². The van der Waals surface area contributed by atoms with Gasteiger partial charge >= 0.3 is 12.1 Å². The van der Waals surface area contributed by atoms with E-state index in [1.807, 2.05) is 30.3 Å². The highest BCUT2D eigenvalue weighted by Gasteiger charge is 2.25. The highest BCUT2D eigenvalue weighted by Crippen LogP contribution is 2.28. The van der Waals surface area contributed by atoms with Gasteiger partial charge in [-0.1, -0.05) is 18.2 Å². The van der Waals surface area contributed by atoms with Crippen LogP contribution in [0.15, 0.2) is 30.3 Å². The number of nitrogens with zero attached hydrogens (tertiary/aromatic N) is 2. The molecule has 0 radical (unpaired) electrons. The molecule has 1 aromatic heterocycles. The van der Waals surface area contributed by atoms with Crippen LogP contribution in [-0.2, 0) is 4.74 Å². The Morgan fingerprint density at radius 1 is 1.50 bits per heavy atom. The summed E-state index contributed by atoms with van der Waals surface area (Å²) in [6.45, 7) is 2.29. The minimum atomic E-state index is -0.698. The van der Waals surface area contributed by atoms with Crippen LogP contribution in [0, 0.1) is 6.92 Å². The van der Waals surface area contributed by atoms with Crippen LogP contribution in [0.4, 0.5) is 15.4 Å². The molecular weight excluding hydrogens is 314 g/mol. The molecule has 0 aliphatic carbocycles. The minimum absolute atomic E-state index is 0.154. The monoisotopic (exact) mass is 331 g/mol. The van der Waals surface area contributed by atoms with Crippen LogP contribution in [-0.4, -0.2) is 41.2 Å². The lowest BCUT2D eigenvalue weighted by Gasteiger charge is -2.08. The lowest BCUT2D eigenvalue weighted by molar-refractivity contribution is 0.102. The van der Waals surface area contributed by atoms with E-state index in [1.54, 1.807) is 6.92 Å². The second-order valence-electron chi connectivity index (χ2n) is 5.23. The van der Waals surface area contributed by atoms with Crippen molar-refractivity contribution in [1.82, 2.24) is 15.1 Å². The van der Waals surface area contributed by atoms with E-state index < -0.39 is 12.1 Å². The molecule has 0 spiro atoms. The van der Waals surface area contributed by atoms with Gasteiger partial charge in [0.1, 0.15) is 12.4 Å². The van der Waals surface area contributed by atoms with Crippen LogP contribution in [0.1, 0.15) is 5.56 Å². The molecule has 9 nitrogen and oxygen atoms in total. The molecule has 0 saturated carbocycles. The van der Waals surface area contributed by atoms with Gasteiger partial charge in [-0.05, 0) is 19.1 Å². The minimum Gasteiger partial charge on any atom is -0.472 e. The third kappa shape index (κ3) is 3.24. The van der Waals surface area contributed by atoms with Crippen molar-refractivity contribution in [2.75, 3.05) is 18.5 Å². The van der Waals surface area contributed by atoms with Crippen LogP contribution in [0.3, 0.4) is 0 Å². The van der Waals surface area contributed by atoms with Crippen molar-refractivity contribution >= 4 is 17.9 Å². The average Bonchev–Trinajstić information content (AvgIpc) is 3.11. The number of cyclic esters (lactones) is 1. The number of aromatic nitrogens is 2. The topological polar surface area (TPSA) is 120 Å². The number of rotatable bonds is 5. The highest BCUT2D eigenvalue weighted by molar-refractivity contribution is 5.88. The number of ether oxygens (including phenoxy) is 2. The summed E-state index contributed by atoms with van der Waals surface area (Å²) in [6, 6.07) is 8.56. The number of benzene rings is 1. The number of urea groups is 1. The molecule has 1 fully saturated rings. The number of primary amides is 1. The highest BCUT2D eigenvalue weighted by atomic mass is 16.6. The van der Waals surface area contributed by atoms with Crippen LogP contribution >= 0.6 is 0 Å². The van der Waals surface area contributed by atoms with Gasteiger partial charge in [0, 0.05) is 0 Å². The quantitative estimate of drug-likeness (QED) is 0.759. The molecule has 1 unspecified atom stereocenters. The van der Waals surface area contributed by atoms with Crippen molar-refractivity contribution in [2.45, 2.75) is 13.0 Å². The van der Waals surface area contributed by atoms with Gasteiger partial charge in [-0.15, -0.1) is 5.10 Å². The number of para-hydroxylation sites is 1. The molecule has 1 atom stereocenters. The Morgan fingerprint density at radius 2 is 2.25 bits per heavy atom. The molecular formula is C15H17N5O4. The number of carbonyl (C=O) groups is 2. The van der Waals surface area contributed by atoms with Crippen LogP contribution in [0.5, 0.6) is 5.88 Å². The lowest BCUT2D eigenvalue weighted by Crippen LogP contribution is -2.22. The summed E-state index contributed by atoms with van der Waals surface area (Å²) >= 11 is 0. The lowest BCUT2D eigenvalue weighted by atomic mass is 10.3. The molecule has 2 heterocycles. The molecule has 0 bridgehead atoms. The second-order valence-corrected chi connectivity index (χ2v) is 5.23. The van der Waals surface area contributed by atoms with Gasteiger partial charge in [0.25, 0.3) is 0 Å². The van der Waals surface area contributed by atoms with E-state index in [0.717, 1.165) is 5.69 Å². The fourth-order valence-corrected chi connectivity index (χ4v) is 2.33. The van der Waals surface area contributed by atoms with Crippen LogP contribution in [0.25, 0.3) is 5.69 Å². The van der Waals surface area contributed by atoms with Crippen molar-refractivity contribution in [2.24, 2.45) is 5.73 Å². The standard InChI is InChI=1S/C15H17N5O4/c1-9-12(18-14(16)21)20(10-5-3-2-4-6-10)19-13(9)23-8-11-7-17-15(22)24-11/h2-6,11H,7-8H2,1H3,(H,17,22)(H3,16,18,21). The number of nitrogens with one attached hydrogen (secondary N) is 2. The van der Waals surface area contributed by atoms with Crippen LogP contribution in [0.2, 0.25) is 0 Å². The molecule has 1 saturated heterocycles. The van der Waals surface area contributed by atoms with Crippen LogP contribution < -0.4 is 21.1 Å². The number of alkyl carbamates (subject to hydrolysis) is 1. The Hall–Kier alpha value is -3.23. The number of amides is 3. The van der Waals surface area contributed by atoms with Gasteiger partial charge in [-0.2, -0.15) is 0 Å². The maximum atomic E-state index is 11.3. The largest absolute Gasteiger partial charge is 0.472 e. The molecule has 1 aliphatic rings. The number of hydrogen-bond donors (Lipinski definition) is 3. The first-order valence-corrected chi connectivity index (χ1v) is 7.33. The van der Waals surface area contributed by atoms with Crippen molar-refractivity contribution in [3.63, 3.8) is 0 Å². The van der Waals surface area contributed by atoms with Gasteiger partial charge in [0.2, 0.25) is 5.88 Å². The molecule has 126 valence electrons. The summed E-state index contributed by atoms with van der Waals surface area (Å²) in [5.41, 5.74) is 6.60. The van der Waals surface area contributed by atoms with E-state index in [9.17, 15) is 9.59 Å². The van der Waals surface area contributed by atoms with Gasteiger partial charge in [0.15, 0.2) is 6.10 Å². The van der Waals surface area contributed by atoms with E-state index in [-0.39, 0.29) is 12.7 Å². The summed E-state index contributed by atoms with van der Waals surface area (Å²) in [7, 11) is 0. The molecule has 3 amide bonds. The fraction of sp³-hybridized carbons (Fsp3) is 0.267. The smallest absolute Gasteiger partial charge is 0.407 e. The summed E-state index contributed by atoms with van der Waals surface area (Å²) in [5.74, 6) is 0.746. The molecule has 9 heteroatoms. The molecule has 24 heavy (non-hydrogen) atoms. The van der Waals surface area contributed by atoms with Crippen molar-refractivity contribution in [3.05, 3.63) is 35.9 Å². The first-order chi connectivity index (χ1) is 11.5. The first kappa shape index (κ1) is 15.7. The Kier molecular flexibility index (Phi) is 4.23. The van der Waals surface area contributed by atoms with E-state index in [1.165, 1.54) is 4.68 Å². The zero-order chi connectivity index (χ0) is 17.1. The van der Waals surface area contributed by atoms with E-state index >= 15 is 0 Å². The number of nitrogens with two attached hydrogens (primary N) is 1. The summed E-state index contributed by atoms with van der Waals surface area (Å²) in [6.07, 6.45) is -0.849. The predicted octanol–water partition coefficient (Wildman–Crippen LogP) is 1.16. The number of hydrogen-bond acceptors (Lipinski definition) is 5. The van der Waals surface area contributed by atoms with Crippen molar-refractivity contribution < 1.29 is 19.1 Å². The van der Waals surface area contributed by atoms with Crippen molar-refractivity contribution in [3.8, 4) is 11.6 Å². The maximum Gasteiger partial charge on any atom is 0.407 e. The zero-order valence-electron chi connectivity index (χ0n) is 13.0. The molecule has 4 N–H and O–H groups in total. The fourth-order valence-electron chi connectivity index (χ4n) is 2.33. The SMILES string of the molecule is Cc1c(OCC2CNC(=O)O2)nn(-c2ccccc2)c1NC(N)=O. The molecule has 3 rings (SSSR count). The number of anilines is 1. The molecule has 2 aromatic rings. The predicted molar refractivity (Wildman–Crippen MR) is 85.3 cm³/mol. The van der Waals surface area contributed by atoms with Crippen molar-refractivity contribution in [1.29, 1.82) is 0 Å². The second kappa shape index (κ2) is 6.49. The molecule has 1 aliphatic heterocycles. The Morgan fingerprint density at radius 3 is 2.88 bits per heavy atom. The van der Waals surface area contributed by atoms with E-state index in [2.05, 4.69) is 15.7 Å². The third-order valence-corrected chi connectivity index (χ3v) is 3.47. The van der Waals surface area contributed by atoms with E-state index in [4.69, 9.17) is 15.2 Å². The first-order valence-electron chi connectivity index (χ1n) is 7.33. The van der Waals surface area contributed by atoms with Gasteiger partial charge < -0.3 is 20.5 Å². The van der Waals surface area contributed by atoms with Gasteiger partial charge in [-0.25, -0.2) is 14.3 Å². The Bertz CT molecular complexity index is 759. The van der Waals surface area contributed by atoms with E-state index in [0.29, 0.717) is 23.8 Å². The average molecular weight is 331 g/mol. The Balaban J connectivity index is 1.85. The zero-order valence-corrected chi connectivity index (χ0v) is 13.0. The normalized spacial score (nSPS) is 16.4. The van der Waals surface area contributed by atoms with Gasteiger partial charge in [0.05, 0.1) is 17.8 Å². The summed E-state index contributed by atoms with van der Waals surface area (Å²) in [4.78, 5) is 22.3. The van der Waals surface area contributed by atoms with Gasteiger partial charge in [-0.3, -0.25) is 5.32 Å². The maximum absolute atomic E-state index is 11.3. The summed E-state index contributed by atoms with van der Waals surface area (Å²) < 4.78 is 12.2.